The van der Waals surface area contributed by atoms with E-state index < -0.39 is 17.3 Å². The van der Waals surface area contributed by atoms with Gasteiger partial charge >= 0.3 is 0 Å². The van der Waals surface area contributed by atoms with Gasteiger partial charge < -0.3 is 24.6 Å². The number of fused-ring (bicyclic) bond motifs is 1. The van der Waals surface area contributed by atoms with Gasteiger partial charge in [-0.05, 0) is 40.7 Å². The van der Waals surface area contributed by atoms with E-state index in [-0.39, 0.29) is 41.2 Å². The highest BCUT2D eigenvalue weighted by atomic mass is 19.1. The highest BCUT2D eigenvalue weighted by Crippen LogP contribution is 2.35. The number of rotatable bonds is 3. The van der Waals surface area contributed by atoms with E-state index in [9.17, 15) is 9.90 Å². The fraction of sp³-hybridized carbons (Fsp3) is 0.579. The summed E-state index contributed by atoms with van der Waals surface area (Å²) in [5.41, 5.74) is 0.0952. The first-order valence-electron chi connectivity index (χ1n) is 9.05. The second-order valence-corrected chi connectivity index (χ2v) is 8.13. The lowest BCUT2D eigenvalue weighted by Gasteiger charge is -2.37. The van der Waals surface area contributed by atoms with Gasteiger partial charge in [0.1, 0.15) is 0 Å². The van der Waals surface area contributed by atoms with Crippen LogP contribution in [0.1, 0.15) is 50.7 Å². The minimum absolute atomic E-state index is 0.00351. The summed E-state index contributed by atoms with van der Waals surface area (Å²) in [6, 6.07) is 1.58. The van der Waals surface area contributed by atoms with Crippen molar-refractivity contribution < 1.29 is 23.6 Å². The van der Waals surface area contributed by atoms with Crippen LogP contribution in [0.2, 0.25) is 0 Å². The summed E-state index contributed by atoms with van der Waals surface area (Å²) >= 11 is 0. The van der Waals surface area contributed by atoms with Gasteiger partial charge in [-0.3, -0.25) is 4.79 Å². The number of anilines is 1. The smallest absolute Gasteiger partial charge is 0.274 e. The number of halogens is 1. The summed E-state index contributed by atoms with van der Waals surface area (Å²) in [5, 5.41) is 16.7. The molecule has 2 atom stereocenters. The Hall–Kier alpha value is -2.19. The number of morpholine rings is 1. The Balaban J connectivity index is 2.08. The number of amides is 1. The summed E-state index contributed by atoms with van der Waals surface area (Å²) < 4.78 is 26.2. The first kappa shape index (κ1) is 19.6. The minimum atomic E-state index is -0.625. The van der Waals surface area contributed by atoms with Crippen LogP contribution in [-0.4, -0.2) is 47.0 Å². The molecule has 8 heteroatoms. The number of carbonyl (C=O) groups excluding carboxylic acids is 1. The molecule has 1 aliphatic rings. The van der Waals surface area contributed by atoms with Crippen LogP contribution in [0, 0.1) is 5.82 Å². The Labute approximate surface area is 157 Å². The van der Waals surface area contributed by atoms with E-state index in [4.69, 9.17) is 9.26 Å². The SMILES string of the molecule is CC1CN(c2c(CO)cc3c(C(=O)NC(C)(C)C)noc3c2F)CC(C)O1. The van der Waals surface area contributed by atoms with Crippen LogP contribution < -0.4 is 10.2 Å². The number of ether oxygens (including phenoxy) is 1. The van der Waals surface area contributed by atoms with Crippen LogP contribution in [0.25, 0.3) is 11.0 Å². The number of aliphatic hydroxyl groups is 1. The van der Waals surface area contributed by atoms with Gasteiger partial charge in [-0.2, -0.15) is 0 Å². The van der Waals surface area contributed by atoms with Gasteiger partial charge in [0.25, 0.3) is 5.91 Å². The lowest BCUT2D eigenvalue weighted by molar-refractivity contribution is -0.00550. The van der Waals surface area contributed by atoms with Crippen LogP contribution in [0.15, 0.2) is 10.6 Å². The first-order chi connectivity index (χ1) is 12.6. The van der Waals surface area contributed by atoms with Crippen molar-refractivity contribution in [3.8, 4) is 0 Å². The second kappa shape index (κ2) is 7.09. The largest absolute Gasteiger partial charge is 0.392 e. The van der Waals surface area contributed by atoms with Gasteiger partial charge in [0.2, 0.25) is 5.58 Å². The van der Waals surface area contributed by atoms with Crippen molar-refractivity contribution in [3.63, 3.8) is 0 Å². The molecule has 1 amide bonds. The molecule has 0 radical (unpaired) electrons. The highest BCUT2D eigenvalue weighted by Gasteiger charge is 2.30. The minimum Gasteiger partial charge on any atom is -0.392 e. The molecule has 3 rings (SSSR count). The van der Waals surface area contributed by atoms with Crippen molar-refractivity contribution >= 4 is 22.6 Å². The zero-order valence-corrected chi connectivity index (χ0v) is 16.3. The number of aliphatic hydroxyl groups excluding tert-OH is 1. The van der Waals surface area contributed by atoms with Crippen molar-refractivity contribution in [1.82, 2.24) is 10.5 Å². The number of hydrogen-bond acceptors (Lipinski definition) is 6. The third kappa shape index (κ3) is 3.91. The van der Waals surface area contributed by atoms with E-state index >= 15 is 4.39 Å². The van der Waals surface area contributed by atoms with E-state index in [2.05, 4.69) is 10.5 Å². The first-order valence-corrected chi connectivity index (χ1v) is 9.05. The monoisotopic (exact) mass is 379 g/mol. The van der Waals surface area contributed by atoms with E-state index in [1.165, 1.54) is 0 Å². The summed E-state index contributed by atoms with van der Waals surface area (Å²) in [4.78, 5) is 14.3. The van der Waals surface area contributed by atoms with E-state index in [0.717, 1.165) is 0 Å². The summed E-state index contributed by atoms with van der Waals surface area (Å²) in [5.74, 6) is -1.08. The van der Waals surface area contributed by atoms with Crippen LogP contribution in [0.3, 0.4) is 0 Å². The maximum Gasteiger partial charge on any atom is 0.274 e. The maximum atomic E-state index is 15.3. The lowest BCUT2D eigenvalue weighted by atomic mass is 10.0. The van der Waals surface area contributed by atoms with Crippen molar-refractivity contribution in [2.24, 2.45) is 0 Å². The number of carbonyl (C=O) groups is 1. The molecule has 2 N–H and O–H groups in total. The van der Waals surface area contributed by atoms with Gasteiger partial charge in [-0.1, -0.05) is 5.16 Å². The third-order valence-corrected chi connectivity index (χ3v) is 4.37. The molecule has 1 saturated heterocycles. The number of hydrogen-bond donors (Lipinski definition) is 2. The van der Waals surface area contributed by atoms with Crippen molar-refractivity contribution in [2.45, 2.75) is 59.0 Å². The highest BCUT2D eigenvalue weighted by molar-refractivity contribution is 6.05. The zero-order valence-electron chi connectivity index (χ0n) is 16.3. The topological polar surface area (TPSA) is 87.8 Å². The summed E-state index contributed by atoms with van der Waals surface area (Å²) in [6.07, 6.45) is -0.142. The average molecular weight is 379 g/mol. The molecule has 1 aliphatic heterocycles. The summed E-state index contributed by atoms with van der Waals surface area (Å²) in [6.45, 7) is 9.97. The molecule has 148 valence electrons. The molecular weight excluding hydrogens is 353 g/mol. The zero-order chi connectivity index (χ0) is 19.9. The predicted molar refractivity (Wildman–Crippen MR) is 99.3 cm³/mol. The van der Waals surface area contributed by atoms with E-state index in [0.29, 0.717) is 18.7 Å². The van der Waals surface area contributed by atoms with Gasteiger partial charge in [0, 0.05) is 24.2 Å². The molecular formula is C19H26FN3O4. The average Bonchev–Trinajstić information content (AvgIpc) is 2.96. The quantitative estimate of drug-likeness (QED) is 0.852. The van der Waals surface area contributed by atoms with Crippen LogP contribution >= 0.6 is 0 Å². The molecule has 2 unspecified atom stereocenters. The molecule has 0 aliphatic carbocycles. The van der Waals surface area contributed by atoms with Gasteiger partial charge in [-0.15, -0.1) is 0 Å². The molecule has 2 heterocycles. The molecule has 1 fully saturated rings. The Morgan fingerprint density at radius 2 is 2.00 bits per heavy atom. The Kier molecular flexibility index (Phi) is 5.14. The molecule has 0 saturated carbocycles. The lowest BCUT2D eigenvalue weighted by Crippen LogP contribution is -2.46. The summed E-state index contributed by atoms with van der Waals surface area (Å²) in [7, 11) is 0. The van der Waals surface area contributed by atoms with Crippen LogP contribution in [0.4, 0.5) is 10.1 Å². The molecule has 0 spiro atoms. The van der Waals surface area contributed by atoms with Crippen molar-refractivity contribution in [1.29, 1.82) is 0 Å². The van der Waals surface area contributed by atoms with Gasteiger partial charge in [-0.25, -0.2) is 4.39 Å². The molecule has 2 aromatic rings. The molecule has 0 bridgehead atoms. The van der Waals surface area contributed by atoms with Crippen molar-refractivity contribution in [2.75, 3.05) is 18.0 Å². The molecule has 7 nitrogen and oxygen atoms in total. The van der Waals surface area contributed by atoms with E-state index in [1.54, 1.807) is 6.07 Å². The standard InChI is InChI=1S/C19H26FN3O4/c1-10-7-23(8-11(2)26-10)16-12(9-24)6-13-15(18(25)21-19(3,4)5)22-27-17(13)14(16)20/h6,10-11,24H,7-9H2,1-5H3,(H,21,25). The number of nitrogens with one attached hydrogen (secondary N) is 1. The number of nitrogens with zero attached hydrogens (tertiary/aromatic N) is 2. The fourth-order valence-electron chi connectivity index (χ4n) is 3.47. The predicted octanol–water partition coefficient (Wildman–Crippen LogP) is 2.60. The molecule has 27 heavy (non-hydrogen) atoms. The molecule has 1 aromatic carbocycles. The Morgan fingerprint density at radius 3 is 2.56 bits per heavy atom. The van der Waals surface area contributed by atoms with Crippen molar-refractivity contribution in [3.05, 3.63) is 23.1 Å². The Morgan fingerprint density at radius 1 is 1.37 bits per heavy atom. The van der Waals surface area contributed by atoms with E-state index in [1.807, 2.05) is 39.5 Å². The fourth-order valence-corrected chi connectivity index (χ4v) is 3.47. The normalized spacial score (nSPS) is 20.9. The van der Waals surface area contributed by atoms with Crippen LogP contribution in [0.5, 0.6) is 0 Å². The van der Waals surface area contributed by atoms with Crippen LogP contribution in [-0.2, 0) is 11.3 Å². The molecule has 1 aromatic heterocycles. The van der Waals surface area contributed by atoms with Gasteiger partial charge in [0.05, 0.1) is 29.9 Å². The maximum absolute atomic E-state index is 15.3. The second-order valence-electron chi connectivity index (χ2n) is 8.13. The number of benzene rings is 1. The number of aromatic nitrogens is 1. The third-order valence-electron chi connectivity index (χ3n) is 4.37. The van der Waals surface area contributed by atoms with Gasteiger partial charge in [0.15, 0.2) is 11.5 Å². The Bertz CT molecular complexity index is 849.